The van der Waals surface area contributed by atoms with Gasteiger partial charge in [0.05, 0.1) is 0 Å². The van der Waals surface area contributed by atoms with Crippen LogP contribution in [0.25, 0.3) is 10.6 Å². The molecule has 0 aliphatic rings. The molecule has 0 bridgehead atoms. The van der Waals surface area contributed by atoms with E-state index >= 15 is 0 Å². The second-order valence-corrected chi connectivity index (χ2v) is 9.15. The summed E-state index contributed by atoms with van der Waals surface area (Å²) < 4.78 is 0. The molecule has 3 N–H and O–H groups in total. The molecule has 3 aromatic rings. The summed E-state index contributed by atoms with van der Waals surface area (Å²) in [5.41, 5.74) is 3.72. The van der Waals surface area contributed by atoms with Crippen LogP contribution in [0.15, 0.2) is 48.5 Å². The number of rotatable bonds is 8. The minimum atomic E-state index is -0.716. The van der Waals surface area contributed by atoms with Crippen molar-refractivity contribution in [3.05, 3.63) is 54.1 Å². The number of carbonyl (C=O) groups excluding carboxylic acids is 2. The van der Waals surface area contributed by atoms with Crippen LogP contribution in [0.1, 0.15) is 25.8 Å². The molecule has 1 aromatic heterocycles. The first-order valence-electron chi connectivity index (χ1n) is 10.8. The van der Waals surface area contributed by atoms with Crippen molar-refractivity contribution in [2.45, 2.75) is 33.2 Å². The SMILES string of the molecule is CCC(C)C(NC(=O)Nc1cccc(C)c1)C(=O)Nc1nnc(-c2ccc(N(C)C)cc2)s1. The molecule has 0 aliphatic carbocycles. The number of aryl methyl sites for hydroxylation is 1. The molecule has 1 heterocycles. The van der Waals surface area contributed by atoms with Gasteiger partial charge in [-0.25, -0.2) is 4.79 Å². The number of hydrogen-bond acceptors (Lipinski definition) is 6. The maximum absolute atomic E-state index is 13.0. The minimum Gasteiger partial charge on any atom is -0.378 e. The normalized spacial score (nSPS) is 12.5. The Balaban J connectivity index is 1.67. The van der Waals surface area contributed by atoms with Gasteiger partial charge in [-0.05, 0) is 54.8 Å². The van der Waals surface area contributed by atoms with E-state index in [0.29, 0.717) is 15.8 Å². The van der Waals surface area contributed by atoms with Gasteiger partial charge in [0.1, 0.15) is 11.0 Å². The molecule has 0 spiro atoms. The van der Waals surface area contributed by atoms with Gasteiger partial charge >= 0.3 is 6.03 Å². The van der Waals surface area contributed by atoms with Crippen LogP contribution in [-0.2, 0) is 4.79 Å². The summed E-state index contributed by atoms with van der Waals surface area (Å²) in [6.45, 7) is 5.85. The van der Waals surface area contributed by atoms with Crippen LogP contribution < -0.4 is 20.9 Å². The highest BCUT2D eigenvalue weighted by Gasteiger charge is 2.27. The number of carbonyl (C=O) groups is 2. The van der Waals surface area contributed by atoms with Crippen molar-refractivity contribution in [3.63, 3.8) is 0 Å². The molecule has 0 saturated carbocycles. The van der Waals surface area contributed by atoms with Gasteiger partial charge in [-0.2, -0.15) is 0 Å². The first-order chi connectivity index (χ1) is 15.8. The molecule has 0 radical (unpaired) electrons. The van der Waals surface area contributed by atoms with Gasteiger partial charge in [0, 0.05) is 31.0 Å². The van der Waals surface area contributed by atoms with Crippen LogP contribution in [0, 0.1) is 12.8 Å². The summed E-state index contributed by atoms with van der Waals surface area (Å²) in [6, 6.07) is 14.3. The van der Waals surface area contributed by atoms with Gasteiger partial charge in [-0.1, -0.05) is 43.7 Å². The second-order valence-electron chi connectivity index (χ2n) is 8.17. The fourth-order valence-corrected chi connectivity index (χ4v) is 3.96. The van der Waals surface area contributed by atoms with Crippen molar-refractivity contribution in [2.24, 2.45) is 5.92 Å². The first kappa shape index (κ1) is 24.2. The molecule has 0 fully saturated rings. The third-order valence-electron chi connectivity index (χ3n) is 5.34. The van der Waals surface area contributed by atoms with E-state index < -0.39 is 12.1 Å². The number of aromatic nitrogens is 2. The lowest BCUT2D eigenvalue weighted by Crippen LogP contribution is -2.49. The Morgan fingerprint density at radius 2 is 1.79 bits per heavy atom. The Morgan fingerprint density at radius 1 is 1.06 bits per heavy atom. The monoisotopic (exact) mass is 466 g/mol. The van der Waals surface area contributed by atoms with E-state index in [9.17, 15) is 9.59 Å². The molecule has 2 unspecified atom stereocenters. The highest BCUT2D eigenvalue weighted by Crippen LogP contribution is 2.28. The van der Waals surface area contributed by atoms with E-state index in [0.717, 1.165) is 23.2 Å². The van der Waals surface area contributed by atoms with E-state index in [1.54, 1.807) is 6.07 Å². The molecule has 2 aromatic carbocycles. The zero-order valence-corrected chi connectivity index (χ0v) is 20.4. The van der Waals surface area contributed by atoms with Crippen molar-refractivity contribution in [1.29, 1.82) is 0 Å². The van der Waals surface area contributed by atoms with Crippen LogP contribution in [0.3, 0.4) is 0 Å². The van der Waals surface area contributed by atoms with Crippen LogP contribution in [0.2, 0.25) is 0 Å². The molecule has 3 rings (SSSR count). The van der Waals surface area contributed by atoms with Gasteiger partial charge in [0.2, 0.25) is 11.0 Å². The Labute approximate surface area is 198 Å². The lowest BCUT2D eigenvalue weighted by atomic mass is 9.98. The Hall–Kier alpha value is -3.46. The largest absolute Gasteiger partial charge is 0.378 e. The maximum Gasteiger partial charge on any atom is 0.319 e. The topological polar surface area (TPSA) is 99.2 Å². The third kappa shape index (κ3) is 6.52. The van der Waals surface area contributed by atoms with E-state index in [4.69, 9.17) is 0 Å². The van der Waals surface area contributed by atoms with Gasteiger partial charge in [-0.15, -0.1) is 10.2 Å². The van der Waals surface area contributed by atoms with Crippen LogP contribution in [0.5, 0.6) is 0 Å². The van der Waals surface area contributed by atoms with E-state index in [1.165, 1.54) is 11.3 Å². The average Bonchev–Trinajstić information content (AvgIpc) is 3.25. The Bertz CT molecular complexity index is 1100. The fourth-order valence-electron chi connectivity index (χ4n) is 3.21. The van der Waals surface area contributed by atoms with Crippen LogP contribution >= 0.6 is 11.3 Å². The Morgan fingerprint density at radius 3 is 2.42 bits per heavy atom. The van der Waals surface area contributed by atoms with Crippen LogP contribution in [-0.4, -0.2) is 42.3 Å². The molecule has 8 nitrogen and oxygen atoms in total. The minimum absolute atomic E-state index is 0.0702. The molecular weight excluding hydrogens is 436 g/mol. The number of anilines is 3. The summed E-state index contributed by atoms with van der Waals surface area (Å²) in [5, 5.41) is 17.8. The lowest BCUT2D eigenvalue weighted by Gasteiger charge is -2.23. The van der Waals surface area contributed by atoms with Gasteiger partial charge in [-0.3, -0.25) is 10.1 Å². The van der Waals surface area contributed by atoms with Crippen molar-refractivity contribution >= 4 is 39.8 Å². The quantitative estimate of drug-likeness (QED) is 0.445. The van der Waals surface area contributed by atoms with Crippen LogP contribution in [0.4, 0.5) is 21.3 Å². The molecule has 0 aliphatic heterocycles. The zero-order valence-electron chi connectivity index (χ0n) is 19.5. The number of urea groups is 1. The molecular formula is C24H30N6O2S. The number of nitrogens with zero attached hydrogens (tertiary/aromatic N) is 3. The van der Waals surface area contributed by atoms with Crippen molar-refractivity contribution in [1.82, 2.24) is 15.5 Å². The molecule has 0 saturated heterocycles. The summed E-state index contributed by atoms with van der Waals surface area (Å²) in [6.07, 6.45) is 0.725. The van der Waals surface area contributed by atoms with Crippen molar-refractivity contribution in [2.75, 3.05) is 29.6 Å². The number of benzene rings is 2. The molecule has 174 valence electrons. The third-order valence-corrected chi connectivity index (χ3v) is 6.23. The maximum atomic E-state index is 13.0. The van der Waals surface area contributed by atoms with Crippen molar-refractivity contribution < 1.29 is 9.59 Å². The Kier molecular flexibility index (Phi) is 8.00. The lowest BCUT2D eigenvalue weighted by molar-refractivity contribution is -0.119. The fraction of sp³-hybridized carbons (Fsp3) is 0.333. The second kappa shape index (κ2) is 10.9. The molecule has 2 atom stereocenters. The van der Waals surface area contributed by atoms with E-state index in [-0.39, 0.29) is 11.8 Å². The zero-order chi connectivity index (χ0) is 24.0. The number of amides is 3. The summed E-state index contributed by atoms with van der Waals surface area (Å²) in [7, 11) is 3.97. The van der Waals surface area contributed by atoms with Gasteiger partial charge in [0.25, 0.3) is 0 Å². The number of hydrogen-bond donors (Lipinski definition) is 3. The smallest absolute Gasteiger partial charge is 0.319 e. The highest BCUT2D eigenvalue weighted by molar-refractivity contribution is 7.18. The van der Waals surface area contributed by atoms with E-state index in [1.807, 2.05) is 82.2 Å². The molecule has 33 heavy (non-hydrogen) atoms. The van der Waals surface area contributed by atoms with Gasteiger partial charge in [0.15, 0.2) is 0 Å². The molecule has 9 heteroatoms. The average molecular weight is 467 g/mol. The summed E-state index contributed by atoms with van der Waals surface area (Å²) in [5.74, 6) is -0.395. The summed E-state index contributed by atoms with van der Waals surface area (Å²) >= 11 is 1.29. The predicted octanol–water partition coefficient (Wildman–Crippen LogP) is 4.75. The number of nitrogens with one attached hydrogen (secondary N) is 3. The standard InChI is InChI=1S/C24H30N6O2S/c1-6-16(3)20(26-23(32)25-18-9-7-8-15(2)14-18)21(31)27-24-29-28-22(33-24)17-10-12-19(13-11-17)30(4)5/h7-14,16,20H,6H2,1-5H3,(H2,25,26,32)(H,27,29,31). The van der Waals surface area contributed by atoms with E-state index in [2.05, 4.69) is 26.1 Å². The highest BCUT2D eigenvalue weighted by atomic mass is 32.1. The summed E-state index contributed by atoms with van der Waals surface area (Å²) in [4.78, 5) is 27.6. The van der Waals surface area contributed by atoms with Gasteiger partial charge < -0.3 is 15.5 Å². The predicted molar refractivity (Wildman–Crippen MR) is 135 cm³/mol. The first-order valence-corrected chi connectivity index (χ1v) is 11.6. The molecule has 3 amide bonds. The van der Waals surface area contributed by atoms with Crippen molar-refractivity contribution in [3.8, 4) is 10.6 Å².